The summed E-state index contributed by atoms with van der Waals surface area (Å²) >= 11 is 0. The van der Waals surface area contributed by atoms with Crippen molar-refractivity contribution in [3.05, 3.63) is 33.9 Å². The first-order valence-corrected chi connectivity index (χ1v) is 4.68. The Bertz CT molecular complexity index is 563. The lowest BCUT2D eigenvalue weighted by Crippen LogP contribution is -2.41. The van der Waals surface area contributed by atoms with E-state index in [1.54, 1.807) is 0 Å². The largest absolute Gasteiger partial charge is 0.383 e. The van der Waals surface area contributed by atoms with Gasteiger partial charge in [-0.1, -0.05) is 0 Å². The van der Waals surface area contributed by atoms with E-state index in [4.69, 9.17) is 0 Å². The average Bonchev–Trinajstić information content (AvgIpc) is 2.31. The number of halogens is 6. The first-order chi connectivity index (χ1) is 9.07. The van der Waals surface area contributed by atoms with Crippen molar-refractivity contribution in [3.8, 4) is 0 Å². The molecule has 0 heterocycles. The molecule has 0 saturated carbocycles. The number of nitrogens with one attached hydrogen (secondary N) is 1. The lowest BCUT2D eigenvalue weighted by atomic mass is 10.2. The van der Waals surface area contributed by atoms with E-state index in [1.807, 2.05) is 0 Å². The summed E-state index contributed by atoms with van der Waals surface area (Å²) in [5, 5.41) is 11.4. The van der Waals surface area contributed by atoms with Crippen LogP contribution in [0.2, 0.25) is 0 Å². The highest BCUT2D eigenvalue weighted by Crippen LogP contribution is 2.31. The Balaban J connectivity index is 3.22. The summed E-state index contributed by atoms with van der Waals surface area (Å²) in [6, 6.07) is 0.197. The molecule has 1 amide bonds. The van der Waals surface area contributed by atoms with Crippen molar-refractivity contribution < 1.29 is 36.1 Å². The number of hydrogen-bond acceptors (Lipinski definition) is 3. The Kier molecular flexibility index (Phi) is 4.20. The van der Waals surface area contributed by atoms with Gasteiger partial charge in [0.2, 0.25) is 0 Å². The van der Waals surface area contributed by atoms with Crippen molar-refractivity contribution in [2.45, 2.75) is 12.3 Å². The van der Waals surface area contributed by atoms with Gasteiger partial charge in [0.05, 0.1) is 11.0 Å². The third-order valence-corrected chi connectivity index (χ3v) is 2.05. The van der Waals surface area contributed by atoms with Crippen LogP contribution in [-0.4, -0.2) is 23.2 Å². The van der Waals surface area contributed by atoms with E-state index in [9.17, 15) is 41.3 Å². The van der Waals surface area contributed by atoms with Gasteiger partial charge < -0.3 is 5.32 Å². The molecule has 0 atom stereocenters. The van der Waals surface area contributed by atoms with Gasteiger partial charge in [0.15, 0.2) is 11.5 Å². The van der Waals surface area contributed by atoms with Gasteiger partial charge in [-0.25, -0.2) is 17.6 Å². The second-order valence-corrected chi connectivity index (χ2v) is 3.42. The summed E-state index contributed by atoms with van der Waals surface area (Å²) in [6.45, 7) is 0. The number of anilines is 1. The molecule has 110 valence electrons. The van der Waals surface area contributed by atoms with Crippen LogP contribution in [0.25, 0.3) is 0 Å². The predicted octanol–water partition coefficient (Wildman–Crippen LogP) is 2.71. The van der Waals surface area contributed by atoms with Crippen molar-refractivity contribution in [3.63, 3.8) is 0 Å². The zero-order chi connectivity index (χ0) is 15.7. The molecule has 1 N–H and O–H groups in total. The highest BCUT2D eigenvalue weighted by Gasteiger charge is 2.49. The molecule has 0 radical (unpaired) electrons. The molecule has 0 aliphatic carbocycles. The maximum absolute atomic E-state index is 13.2. The second kappa shape index (κ2) is 5.35. The predicted molar refractivity (Wildman–Crippen MR) is 52.6 cm³/mol. The van der Waals surface area contributed by atoms with Crippen LogP contribution in [0.1, 0.15) is 0 Å². The maximum atomic E-state index is 13.2. The van der Waals surface area contributed by atoms with Crippen LogP contribution in [0.3, 0.4) is 0 Å². The van der Waals surface area contributed by atoms with Gasteiger partial charge >= 0.3 is 18.3 Å². The Morgan fingerprint density at radius 1 is 1.30 bits per heavy atom. The minimum atomic E-state index is -5.19. The Hall–Kier alpha value is -2.33. The summed E-state index contributed by atoms with van der Waals surface area (Å²) < 4.78 is 75.0. The van der Waals surface area contributed by atoms with E-state index in [0.717, 1.165) is 5.32 Å². The van der Waals surface area contributed by atoms with Crippen LogP contribution < -0.4 is 5.32 Å². The highest BCUT2D eigenvalue weighted by molar-refractivity contribution is 5.98. The summed E-state index contributed by atoms with van der Waals surface area (Å²) in [6.07, 6.45) is -4.40. The van der Waals surface area contributed by atoms with Crippen molar-refractivity contribution in [1.29, 1.82) is 0 Å². The fourth-order valence-electron chi connectivity index (χ4n) is 1.12. The Morgan fingerprint density at radius 3 is 2.30 bits per heavy atom. The number of amides is 1. The number of rotatable bonds is 4. The summed E-state index contributed by atoms with van der Waals surface area (Å²) in [4.78, 5) is 20.0. The molecule has 0 aliphatic rings. The fraction of sp³-hybridized carbons (Fsp3) is 0.222. The lowest BCUT2D eigenvalue weighted by Gasteiger charge is -2.15. The molecule has 5 nitrogen and oxygen atoms in total. The molecule has 1 aromatic rings. The normalized spacial score (nSPS) is 11.6. The van der Waals surface area contributed by atoms with Crippen LogP contribution in [0.5, 0.6) is 0 Å². The molecule has 1 aromatic carbocycles. The SMILES string of the molecule is O=C(Nc1c(F)cc(F)cc1[N+](=O)[O-])C(F)(F)C(F)F. The van der Waals surface area contributed by atoms with E-state index in [2.05, 4.69) is 0 Å². The smallest absolute Gasteiger partial charge is 0.312 e. The van der Waals surface area contributed by atoms with Gasteiger partial charge in [-0.15, -0.1) is 0 Å². The highest BCUT2D eigenvalue weighted by atomic mass is 19.3. The van der Waals surface area contributed by atoms with Crippen LogP contribution in [0, 0.1) is 21.7 Å². The van der Waals surface area contributed by atoms with Gasteiger partial charge in [-0.3, -0.25) is 14.9 Å². The van der Waals surface area contributed by atoms with Gasteiger partial charge in [-0.05, 0) is 0 Å². The standard InChI is InChI=1S/C9H4F6N2O3/c10-3-1-4(11)6(5(2-3)17(19)20)16-8(18)9(14,15)7(12)13/h1-2,7H,(H,16,18). The second-order valence-electron chi connectivity index (χ2n) is 3.42. The number of nitrogens with zero attached hydrogens (tertiary/aromatic N) is 1. The third-order valence-electron chi connectivity index (χ3n) is 2.05. The van der Waals surface area contributed by atoms with E-state index in [1.165, 1.54) is 0 Å². The van der Waals surface area contributed by atoms with Gasteiger partial charge in [-0.2, -0.15) is 8.78 Å². The van der Waals surface area contributed by atoms with Crippen molar-refractivity contribution >= 4 is 17.3 Å². The number of carbonyl (C=O) groups excluding carboxylic acids is 1. The average molecular weight is 302 g/mol. The zero-order valence-corrected chi connectivity index (χ0v) is 9.17. The zero-order valence-electron chi connectivity index (χ0n) is 9.17. The summed E-state index contributed by atoms with van der Waals surface area (Å²) in [5.41, 5.74) is -2.82. The first-order valence-electron chi connectivity index (χ1n) is 4.68. The van der Waals surface area contributed by atoms with Crippen LogP contribution >= 0.6 is 0 Å². The molecule has 20 heavy (non-hydrogen) atoms. The molecular formula is C9H4F6N2O3. The third kappa shape index (κ3) is 2.97. The van der Waals surface area contributed by atoms with Crippen molar-refractivity contribution in [2.24, 2.45) is 0 Å². The summed E-state index contributed by atoms with van der Waals surface area (Å²) in [5.74, 6) is -11.0. The van der Waals surface area contributed by atoms with Crippen LogP contribution in [0.4, 0.5) is 37.7 Å². The Labute approximate surface area is 106 Å². The molecule has 0 aliphatic heterocycles. The van der Waals surface area contributed by atoms with Crippen LogP contribution in [-0.2, 0) is 4.79 Å². The van der Waals surface area contributed by atoms with E-state index in [0.29, 0.717) is 0 Å². The molecule has 1 rings (SSSR count). The Morgan fingerprint density at radius 2 is 1.85 bits per heavy atom. The number of benzene rings is 1. The quantitative estimate of drug-likeness (QED) is 0.528. The lowest BCUT2D eigenvalue weighted by molar-refractivity contribution is -0.384. The molecule has 0 saturated heterocycles. The maximum Gasteiger partial charge on any atom is 0.383 e. The molecule has 0 aromatic heterocycles. The molecule has 0 fully saturated rings. The number of nitro groups is 1. The van der Waals surface area contributed by atoms with E-state index >= 15 is 0 Å². The fourth-order valence-corrected chi connectivity index (χ4v) is 1.12. The van der Waals surface area contributed by atoms with E-state index in [-0.39, 0.29) is 12.1 Å². The molecule has 0 unspecified atom stereocenters. The molecule has 0 bridgehead atoms. The monoisotopic (exact) mass is 302 g/mol. The number of nitro benzene ring substituents is 1. The number of hydrogen-bond donors (Lipinski definition) is 1. The number of carbonyl (C=O) groups is 1. The van der Waals surface area contributed by atoms with Gasteiger partial charge in [0.1, 0.15) is 5.82 Å². The molecular weight excluding hydrogens is 298 g/mol. The van der Waals surface area contributed by atoms with Gasteiger partial charge in [0.25, 0.3) is 5.69 Å². The van der Waals surface area contributed by atoms with Crippen molar-refractivity contribution in [2.75, 3.05) is 5.32 Å². The molecule has 11 heteroatoms. The van der Waals surface area contributed by atoms with Gasteiger partial charge in [0, 0.05) is 6.07 Å². The summed E-state index contributed by atoms with van der Waals surface area (Å²) in [7, 11) is 0. The molecule has 0 spiro atoms. The van der Waals surface area contributed by atoms with Crippen LogP contribution in [0.15, 0.2) is 12.1 Å². The first kappa shape index (κ1) is 15.7. The van der Waals surface area contributed by atoms with Crippen molar-refractivity contribution in [1.82, 2.24) is 0 Å². The number of alkyl halides is 4. The minimum absolute atomic E-state index is 0.0587. The van der Waals surface area contributed by atoms with E-state index < -0.39 is 46.2 Å². The minimum Gasteiger partial charge on any atom is -0.312 e. The topological polar surface area (TPSA) is 72.2 Å².